The van der Waals surface area contributed by atoms with E-state index in [-0.39, 0.29) is 11.3 Å². The van der Waals surface area contributed by atoms with Crippen molar-refractivity contribution in [3.63, 3.8) is 0 Å². The van der Waals surface area contributed by atoms with Gasteiger partial charge in [-0.25, -0.2) is 4.39 Å². The molecule has 18 heavy (non-hydrogen) atoms. The minimum atomic E-state index is -0.592. The molecule has 0 radical (unpaired) electrons. The van der Waals surface area contributed by atoms with Gasteiger partial charge in [-0.3, -0.25) is 4.79 Å². The van der Waals surface area contributed by atoms with Crippen LogP contribution in [0.25, 0.3) is 0 Å². The van der Waals surface area contributed by atoms with Crippen LogP contribution in [-0.2, 0) is 0 Å². The second-order valence-corrected chi connectivity index (χ2v) is 4.91. The lowest BCUT2D eigenvalue weighted by molar-refractivity contribution is 0.102. The molecule has 0 aliphatic rings. The van der Waals surface area contributed by atoms with Gasteiger partial charge in [-0.05, 0) is 52.9 Å². The van der Waals surface area contributed by atoms with E-state index in [1.807, 2.05) is 18.2 Å². The van der Waals surface area contributed by atoms with E-state index in [1.54, 1.807) is 6.07 Å². The first kappa shape index (κ1) is 12.8. The second kappa shape index (κ2) is 5.34. The van der Waals surface area contributed by atoms with Gasteiger partial charge in [-0.2, -0.15) is 0 Å². The number of para-hydroxylation sites is 1. The number of anilines is 2. The van der Waals surface area contributed by atoms with Crippen LogP contribution in [0.5, 0.6) is 0 Å². The molecule has 0 spiro atoms. The fourth-order valence-electron chi connectivity index (χ4n) is 1.50. The molecule has 2 rings (SSSR count). The average molecular weight is 356 g/mol. The molecular formula is C13H10FIN2O. The van der Waals surface area contributed by atoms with E-state index in [9.17, 15) is 9.18 Å². The zero-order valence-electron chi connectivity index (χ0n) is 9.28. The number of hydrogen-bond acceptors (Lipinski definition) is 2. The number of hydrogen-bond donors (Lipinski definition) is 2. The summed E-state index contributed by atoms with van der Waals surface area (Å²) in [7, 11) is 0. The Bertz CT molecular complexity index is 601. The molecule has 0 aliphatic heterocycles. The van der Waals surface area contributed by atoms with Gasteiger partial charge in [0.05, 0.1) is 11.3 Å². The van der Waals surface area contributed by atoms with Gasteiger partial charge in [-0.1, -0.05) is 12.1 Å². The normalized spacial score (nSPS) is 10.1. The molecule has 0 unspecified atom stereocenters. The Labute approximate surface area is 117 Å². The predicted molar refractivity (Wildman–Crippen MR) is 77.9 cm³/mol. The van der Waals surface area contributed by atoms with Crippen molar-refractivity contribution < 1.29 is 9.18 Å². The Morgan fingerprint density at radius 2 is 1.94 bits per heavy atom. The van der Waals surface area contributed by atoms with Crippen molar-refractivity contribution in [2.75, 3.05) is 11.1 Å². The third kappa shape index (κ3) is 2.79. The lowest BCUT2D eigenvalue weighted by Gasteiger charge is -2.08. The maximum absolute atomic E-state index is 13.2. The first-order valence-electron chi connectivity index (χ1n) is 5.19. The first-order valence-corrected chi connectivity index (χ1v) is 6.26. The highest BCUT2D eigenvalue weighted by atomic mass is 127. The fourth-order valence-corrected chi connectivity index (χ4v) is 2.04. The topological polar surface area (TPSA) is 55.1 Å². The number of halogens is 2. The minimum absolute atomic E-state index is 0.133. The summed E-state index contributed by atoms with van der Waals surface area (Å²) in [5, 5.41) is 2.68. The van der Waals surface area contributed by atoms with Crippen LogP contribution in [0.4, 0.5) is 15.8 Å². The summed E-state index contributed by atoms with van der Waals surface area (Å²) >= 11 is 2.14. The van der Waals surface area contributed by atoms with Crippen molar-refractivity contribution in [3.05, 3.63) is 57.4 Å². The Morgan fingerprint density at radius 1 is 1.22 bits per heavy atom. The van der Waals surface area contributed by atoms with Crippen molar-refractivity contribution in [2.24, 2.45) is 0 Å². The van der Waals surface area contributed by atoms with Crippen molar-refractivity contribution >= 4 is 39.9 Å². The summed E-state index contributed by atoms with van der Waals surface area (Å²) < 4.78 is 14.2. The predicted octanol–water partition coefficient (Wildman–Crippen LogP) is 3.26. The molecule has 2 aromatic carbocycles. The molecule has 2 aromatic rings. The van der Waals surface area contributed by atoms with Crippen LogP contribution < -0.4 is 11.1 Å². The van der Waals surface area contributed by atoms with Crippen molar-refractivity contribution in [1.29, 1.82) is 0 Å². The third-order valence-electron chi connectivity index (χ3n) is 2.38. The molecule has 0 fully saturated rings. The van der Waals surface area contributed by atoms with Crippen LogP contribution in [-0.4, -0.2) is 5.91 Å². The highest BCUT2D eigenvalue weighted by molar-refractivity contribution is 14.1. The number of rotatable bonds is 2. The van der Waals surface area contributed by atoms with Crippen LogP contribution in [0.3, 0.4) is 0 Å². The zero-order valence-corrected chi connectivity index (χ0v) is 11.4. The highest BCUT2D eigenvalue weighted by Gasteiger charge is 2.12. The molecule has 5 heteroatoms. The molecule has 0 bridgehead atoms. The molecule has 0 aliphatic carbocycles. The molecule has 1 amide bonds. The van der Waals surface area contributed by atoms with Gasteiger partial charge in [-0.15, -0.1) is 0 Å². The van der Waals surface area contributed by atoms with Gasteiger partial charge < -0.3 is 11.1 Å². The number of benzene rings is 2. The summed E-state index contributed by atoms with van der Waals surface area (Å²) in [5.74, 6) is -1.01. The van der Waals surface area contributed by atoms with Crippen LogP contribution in [0.2, 0.25) is 0 Å². The van der Waals surface area contributed by atoms with Gasteiger partial charge in [0.2, 0.25) is 0 Å². The van der Waals surface area contributed by atoms with Crippen LogP contribution in [0, 0.1) is 9.39 Å². The quantitative estimate of drug-likeness (QED) is 0.641. The Balaban J connectivity index is 2.25. The fraction of sp³-hybridized carbons (Fsp3) is 0. The molecular weight excluding hydrogens is 346 g/mol. The summed E-state index contributed by atoms with van der Waals surface area (Å²) in [6.07, 6.45) is 0. The Hall–Kier alpha value is -1.63. The second-order valence-electron chi connectivity index (χ2n) is 3.67. The smallest absolute Gasteiger partial charge is 0.257 e. The van der Waals surface area contributed by atoms with Crippen LogP contribution >= 0.6 is 22.6 Å². The summed E-state index contributed by atoms with van der Waals surface area (Å²) in [5.41, 5.74) is 6.17. The molecule has 0 saturated heterocycles. The van der Waals surface area contributed by atoms with Gasteiger partial charge in [0, 0.05) is 9.26 Å². The third-order valence-corrected chi connectivity index (χ3v) is 3.05. The average Bonchev–Trinajstić information content (AvgIpc) is 2.32. The van der Waals surface area contributed by atoms with E-state index in [0.29, 0.717) is 5.69 Å². The van der Waals surface area contributed by atoms with E-state index in [0.717, 1.165) is 3.57 Å². The molecule has 0 heterocycles. The molecule has 0 atom stereocenters. The van der Waals surface area contributed by atoms with Crippen molar-refractivity contribution in [3.8, 4) is 0 Å². The van der Waals surface area contributed by atoms with Crippen LogP contribution in [0.15, 0.2) is 42.5 Å². The number of nitrogens with two attached hydrogens (primary N) is 1. The lowest BCUT2D eigenvalue weighted by atomic mass is 10.1. The van der Waals surface area contributed by atoms with E-state index >= 15 is 0 Å². The monoisotopic (exact) mass is 356 g/mol. The van der Waals surface area contributed by atoms with Gasteiger partial charge >= 0.3 is 0 Å². The lowest BCUT2D eigenvalue weighted by Crippen LogP contribution is -2.14. The maximum Gasteiger partial charge on any atom is 0.257 e. The number of carbonyl (C=O) groups excluding carboxylic acids is 1. The van der Waals surface area contributed by atoms with Gasteiger partial charge in [0.15, 0.2) is 0 Å². The summed E-state index contributed by atoms with van der Waals surface area (Å²) in [6, 6.07) is 11.5. The number of nitrogen functional groups attached to an aromatic ring is 1. The summed E-state index contributed by atoms with van der Waals surface area (Å²) in [6.45, 7) is 0. The number of carbonyl (C=O) groups is 1. The number of amides is 1. The van der Waals surface area contributed by atoms with Crippen molar-refractivity contribution in [1.82, 2.24) is 0 Å². The molecule has 3 nitrogen and oxygen atoms in total. The van der Waals surface area contributed by atoms with Crippen molar-refractivity contribution in [2.45, 2.75) is 0 Å². The van der Waals surface area contributed by atoms with Gasteiger partial charge in [0.1, 0.15) is 5.82 Å². The standard InChI is InChI=1S/C13H10FIN2O/c14-11-6-2-5-10(12(11)16)13(18)17-9-4-1-3-8(15)7-9/h1-7H,16H2,(H,17,18). The van der Waals surface area contributed by atoms with E-state index in [1.165, 1.54) is 18.2 Å². The highest BCUT2D eigenvalue weighted by Crippen LogP contribution is 2.18. The molecule has 92 valence electrons. The van der Waals surface area contributed by atoms with Gasteiger partial charge in [0.25, 0.3) is 5.91 Å². The Morgan fingerprint density at radius 3 is 2.67 bits per heavy atom. The minimum Gasteiger partial charge on any atom is -0.396 e. The van der Waals surface area contributed by atoms with E-state index in [4.69, 9.17) is 5.73 Å². The first-order chi connectivity index (χ1) is 8.58. The number of nitrogens with one attached hydrogen (secondary N) is 1. The molecule has 0 aromatic heterocycles. The molecule has 0 saturated carbocycles. The summed E-state index contributed by atoms with van der Waals surface area (Å²) in [4.78, 5) is 11.9. The Kier molecular flexibility index (Phi) is 3.81. The largest absolute Gasteiger partial charge is 0.396 e. The maximum atomic E-state index is 13.2. The molecule has 3 N–H and O–H groups in total. The van der Waals surface area contributed by atoms with E-state index < -0.39 is 11.7 Å². The van der Waals surface area contributed by atoms with E-state index in [2.05, 4.69) is 27.9 Å². The zero-order chi connectivity index (χ0) is 13.1. The van der Waals surface area contributed by atoms with Crippen LogP contribution in [0.1, 0.15) is 10.4 Å². The SMILES string of the molecule is Nc1c(F)cccc1C(=O)Nc1cccc(I)c1.